The molecule has 2 aromatic heterocycles. The molecule has 0 spiro atoms. The molecule has 0 saturated heterocycles. The van der Waals surface area contributed by atoms with Gasteiger partial charge in [-0.2, -0.15) is 0 Å². The fraction of sp³-hybridized carbons (Fsp3) is 0.200. The zero-order valence-electron chi connectivity index (χ0n) is 14.4. The molecule has 3 aromatic rings. The van der Waals surface area contributed by atoms with E-state index < -0.39 is 11.7 Å². The van der Waals surface area contributed by atoms with Gasteiger partial charge in [0.15, 0.2) is 0 Å². The summed E-state index contributed by atoms with van der Waals surface area (Å²) in [5, 5.41) is 6.61. The van der Waals surface area contributed by atoms with Gasteiger partial charge >= 0.3 is 0 Å². The van der Waals surface area contributed by atoms with Crippen molar-refractivity contribution in [3.63, 3.8) is 0 Å². The Kier molecular flexibility index (Phi) is 5.05. The van der Waals surface area contributed by atoms with E-state index in [1.807, 2.05) is 22.4 Å². The maximum absolute atomic E-state index is 13.7. The Morgan fingerprint density at radius 1 is 1.11 bits per heavy atom. The van der Waals surface area contributed by atoms with Gasteiger partial charge in [0.1, 0.15) is 5.82 Å². The summed E-state index contributed by atoms with van der Waals surface area (Å²) in [6.45, 7) is 0.443. The standard InChI is InChI=1S/C20H17FN2O2S2/c21-15-5-2-1-4-13(15)20(25)22-12-18(24)23-9-7-16-14(8-11-27-16)19(23)17-6-3-10-26-17/h1-6,8,10-11,19H,7,9,12H2,(H,22,25)/t19-/m1/s1. The molecule has 27 heavy (non-hydrogen) atoms. The topological polar surface area (TPSA) is 49.4 Å². The molecular formula is C20H17FN2O2S2. The first kappa shape index (κ1) is 17.9. The van der Waals surface area contributed by atoms with Crippen LogP contribution in [-0.4, -0.2) is 29.8 Å². The molecule has 0 unspecified atom stereocenters. The lowest BCUT2D eigenvalue weighted by Gasteiger charge is -2.35. The van der Waals surface area contributed by atoms with Gasteiger partial charge in [-0.15, -0.1) is 22.7 Å². The first-order valence-electron chi connectivity index (χ1n) is 8.57. The number of benzene rings is 1. The smallest absolute Gasteiger partial charge is 0.254 e. The Morgan fingerprint density at radius 2 is 1.96 bits per heavy atom. The number of nitrogens with zero attached hydrogens (tertiary/aromatic N) is 1. The van der Waals surface area contributed by atoms with Gasteiger partial charge in [0.2, 0.25) is 5.91 Å². The van der Waals surface area contributed by atoms with E-state index in [-0.39, 0.29) is 24.1 Å². The van der Waals surface area contributed by atoms with E-state index in [0.717, 1.165) is 16.9 Å². The molecular weight excluding hydrogens is 383 g/mol. The lowest BCUT2D eigenvalue weighted by Crippen LogP contribution is -2.45. The zero-order valence-corrected chi connectivity index (χ0v) is 16.0. The number of amides is 2. The second-order valence-electron chi connectivity index (χ2n) is 6.22. The van der Waals surface area contributed by atoms with Crippen LogP contribution < -0.4 is 5.32 Å². The van der Waals surface area contributed by atoms with E-state index in [1.54, 1.807) is 28.7 Å². The Balaban J connectivity index is 1.51. The molecule has 2 amide bonds. The van der Waals surface area contributed by atoms with Crippen LogP contribution in [0, 0.1) is 5.82 Å². The van der Waals surface area contributed by atoms with Crippen molar-refractivity contribution in [3.05, 3.63) is 79.9 Å². The molecule has 4 nitrogen and oxygen atoms in total. The van der Waals surface area contributed by atoms with Crippen molar-refractivity contribution < 1.29 is 14.0 Å². The average molecular weight is 401 g/mol. The van der Waals surface area contributed by atoms with Gasteiger partial charge in [-0.3, -0.25) is 9.59 Å². The van der Waals surface area contributed by atoms with Crippen LogP contribution in [-0.2, 0) is 11.2 Å². The van der Waals surface area contributed by atoms with E-state index in [1.165, 1.54) is 23.1 Å². The van der Waals surface area contributed by atoms with Crippen molar-refractivity contribution in [2.24, 2.45) is 0 Å². The number of hydrogen-bond acceptors (Lipinski definition) is 4. The van der Waals surface area contributed by atoms with Crippen LogP contribution in [0.5, 0.6) is 0 Å². The molecule has 7 heteroatoms. The lowest BCUT2D eigenvalue weighted by molar-refractivity contribution is -0.132. The summed E-state index contributed by atoms with van der Waals surface area (Å²) in [5.41, 5.74) is 1.10. The van der Waals surface area contributed by atoms with Crippen LogP contribution in [0.4, 0.5) is 4.39 Å². The third kappa shape index (κ3) is 3.52. The van der Waals surface area contributed by atoms with Crippen molar-refractivity contribution in [2.75, 3.05) is 13.1 Å². The third-order valence-electron chi connectivity index (χ3n) is 4.62. The average Bonchev–Trinajstić information content (AvgIpc) is 3.37. The monoisotopic (exact) mass is 400 g/mol. The molecule has 1 atom stereocenters. The highest BCUT2D eigenvalue weighted by Crippen LogP contribution is 2.39. The summed E-state index contributed by atoms with van der Waals surface area (Å²) in [7, 11) is 0. The minimum atomic E-state index is -0.597. The summed E-state index contributed by atoms with van der Waals surface area (Å²) in [4.78, 5) is 29.3. The highest BCUT2D eigenvalue weighted by atomic mass is 32.1. The molecule has 1 aliphatic rings. The number of thiophene rings is 2. The van der Waals surface area contributed by atoms with Crippen molar-refractivity contribution >= 4 is 34.5 Å². The van der Waals surface area contributed by atoms with E-state index in [2.05, 4.69) is 16.8 Å². The van der Waals surface area contributed by atoms with Gasteiger partial charge in [0, 0.05) is 16.3 Å². The number of hydrogen-bond donors (Lipinski definition) is 1. The number of halogens is 1. The van der Waals surface area contributed by atoms with Gasteiger partial charge in [0.25, 0.3) is 5.91 Å². The fourth-order valence-corrected chi connectivity index (χ4v) is 5.10. The van der Waals surface area contributed by atoms with Gasteiger partial charge in [0.05, 0.1) is 18.2 Å². The second kappa shape index (κ2) is 7.62. The second-order valence-corrected chi connectivity index (χ2v) is 8.20. The largest absolute Gasteiger partial charge is 0.343 e. The molecule has 1 N–H and O–H groups in total. The van der Waals surface area contributed by atoms with Crippen LogP contribution in [0.2, 0.25) is 0 Å². The van der Waals surface area contributed by atoms with E-state index in [9.17, 15) is 14.0 Å². The first-order chi connectivity index (χ1) is 13.1. The Bertz CT molecular complexity index is 968. The van der Waals surface area contributed by atoms with Crippen LogP contribution in [0.25, 0.3) is 0 Å². The molecule has 1 aromatic carbocycles. The lowest BCUT2D eigenvalue weighted by atomic mass is 9.98. The van der Waals surface area contributed by atoms with Gasteiger partial charge in [-0.25, -0.2) is 4.39 Å². The van der Waals surface area contributed by atoms with Crippen LogP contribution in [0.15, 0.2) is 53.2 Å². The van der Waals surface area contributed by atoms with E-state index >= 15 is 0 Å². The normalized spacial score (nSPS) is 16.0. The quantitative estimate of drug-likeness (QED) is 0.723. The SMILES string of the molecule is O=C(NCC(=O)N1CCc2sccc2[C@@H]1c1cccs1)c1ccccc1F. The molecule has 1 aliphatic heterocycles. The first-order valence-corrected chi connectivity index (χ1v) is 10.3. The van der Waals surface area contributed by atoms with E-state index in [0.29, 0.717) is 6.54 Å². The minimum Gasteiger partial charge on any atom is -0.343 e. The van der Waals surface area contributed by atoms with E-state index in [4.69, 9.17) is 0 Å². The summed E-state index contributed by atoms with van der Waals surface area (Å²) in [6, 6.07) is 11.7. The van der Waals surface area contributed by atoms with Gasteiger partial charge in [-0.1, -0.05) is 18.2 Å². The maximum Gasteiger partial charge on any atom is 0.254 e. The molecule has 0 bridgehead atoms. The van der Waals surface area contributed by atoms with Crippen molar-refractivity contribution in [2.45, 2.75) is 12.5 Å². The maximum atomic E-state index is 13.7. The Hall–Kier alpha value is -2.51. The Labute approximate surface area is 164 Å². The predicted molar refractivity (Wildman–Crippen MR) is 105 cm³/mol. The number of fused-ring (bicyclic) bond motifs is 1. The highest BCUT2D eigenvalue weighted by molar-refractivity contribution is 7.10. The number of nitrogens with one attached hydrogen (secondary N) is 1. The molecule has 4 rings (SSSR count). The number of rotatable bonds is 4. The van der Waals surface area contributed by atoms with Crippen LogP contribution >= 0.6 is 22.7 Å². The number of carbonyl (C=O) groups excluding carboxylic acids is 2. The summed E-state index contributed by atoms with van der Waals surface area (Å²) >= 11 is 3.33. The van der Waals surface area contributed by atoms with Crippen molar-refractivity contribution in [3.8, 4) is 0 Å². The Morgan fingerprint density at radius 3 is 2.74 bits per heavy atom. The summed E-state index contributed by atoms with van der Waals surface area (Å²) < 4.78 is 13.7. The molecule has 0 radical (unpaired) electrons. The van der Waals surface area contributed by atoms with Crippen molar-refractivity contribution in [1.29, 1.82) is 0 Å². The molecule has 0 fully saturated rings. The van der Waals surface area contributed by atoms with Crippen LogP contribution in [0.1, 0.15) is 31.7 Å². The fourth-order valence-electron chi connectivity index (χ4n) is 3.34. The summed E-state index contributed by atoms with van der Waals surface area (Å²) in [6.07, 6.45) is 0.807. The highest BCUT2D eigenvalue weighted by Gasteiger charge is 2.33. The molecule has 3 heterocycles. The van der Waals surface area contributed by atoms with Crippen LogP contribution in [0.3, 0.4) is 0 Å². The van der Waals surface area contributed by atoms with Gasteiger partial charge in [-0.05, 0) is 47.0 Å². The minimum absolute atomic E-state index is 0.0566. The number of carbonyl (C=O) groups is 2. The molecule has 0 saturated carbocycles. The summed E-state index contributed by atoms with van der Waals surface area (Å²) in [5.74, 6) is -1.35. The molecule has 138 valence electrons. The molecule has 0 aliphatic carbocycles. The van der Waals surface area contributed by atoms with Crippen molar-refractivity contribution in [1.82, 2.24) is 10.2 Å². The third-order valence-corrected chi connectivity index (χ3v) is 6.54. The zero-order chi connectivity index (χ0) is 18.8. The predicted octanol–water partition coefficient (Wildman–Crippen LogP) is 3.85. The van der Waals surface area contributed by atoms with Gasteiger partial charge < -0.3 is 10.2 Å².